The molecule has 0 unspecified atom stereocenters. The highest BCUT2D eigenvalue weighted by molar-refractivity contribution is 9.10. The molecule has 1 N–H and O–H groups in total. The monoisotopic (exact) mass is 373 g/mol. The van der Waals surface area contributed by atoms with Gasteiger partial charge in [0, 0.05) is 21.1 Å². The van der Waals surface area contributed by atoms with Crippen LogP contribution < -0.4 is 10.1 Å². The van der Waals surface area contributed by atoms with E-state index in [2.05, 4.69) is 28.2 Å². The van der Waals surface area contributed by atoms with Crippen molar-refractivity contribution in [3.63, 3.8) is 0 Å². The lowest BCUT2D eigenvalue weighted by atomic mass is 10.2. The van der Waals surface area contributed by atoms with E-state index in [0.29, 0.717) is 15.8 Å². The van der Waals surface area contributed by atoms with Crippen molar-refractivity contribution in [3.05, 3.63) is 56.5 Å². The van der Waals surface area contributed by atoms with E-state index in [1.165, 1.54) is 5.56 Å². The minimum absolute atomic E-state index is 0.551. The lowest BCUT2D eigenvalue weighted by Gasteiger charge is -2.10. The topological polar surface area (TPSA) is 21.3 Å². The molecule has 2 rings (SSSR count). The predicted octanol–water partition coefficient (Wildman–Crippen LogP) is 5.66. The molecule has 0 atom stereocenters. The van der Waals surface area contributed by atoms with Crippen molar-refractivity contribution in [2.24, 2.45) is 0 Å². The average molecular weight is 375 g/mol. The molecule has 0 aliphatic heterocycles. The van der Waals surface area contributed by atoms with Crippen LogP contribution in [0, 0.1) is 0 Å². The van der Waals surface area contributed by atoms with Crippen LogP contribution in [0.4, 0.5) is 0 Å². The Balaban J connectivity index is 2.15. The van der Waals surface area contributed by atoms with E-state index in [0.717, 1.165) is 23.3 Å². The summed E-state index contributed by atoms with van der Waals surface area (Å²) in [5.41, 5.74) is 1.18. The molecule has 0 aliphatic rings. The molecule has 106 valence electrons. The van der Waals surface area contributed by atoms with E-state index in [4.69, 9.17) is 27.9 Å². The molecule has 0 bridgehead atoms. The zero-order valence-electron chi connectivity index (χ0n) is 10.9. The third kappa shape index (κ3) is 4.38. The second kappa shape index (κ2) is 7.32. The van der Waals surface area contributed by atoms with Crippen LogP contribution in [0.5, 0.6) is 11.5 Å². The predicted molar refractivity (Wildman–Crippen MR) is 88.1 cm³/mol. The number of hydrogen-bond acceptors (Lipinski definition) is 2. The van der Waals surface area contributed by atoms with Crippen LogP contribution >= 0.6 is 39.1 Å². The first-order valence-electron chi connectivity index (χ1n) is 6.21. The largest absolute Gasteiger partial charge is 0.457 e. The molecule has 2 aromatic rings. The fourth-order valence-corrected chi connectivity index (χ4v) is 2.72. The van der Waals surface area contributed by atoms with Crippen molar-refractivity contribution in [1.82, 2.24) is 5.32 Å². The molecule has 0 aliphatic carbocycles. The molecular formula is C15H14BrCl2NO. The van der Waals surface area contributed by atoms with E-state index in [9.17, 15) is 0 Å². The van der Waals surface area contributed by atoms with Crippen LogP contribution in [-0.2, 0) is 6.54 Å². The Morgan fingerprint density at radius 2 is 1.75 bits per heavy atom. The lowest BCUT2D eigenvalue weighted by molar-refractivity contribution is 0.482. The van der Waals surface area contributed by atoms with Crippen LogP contribution in [0.1, 0.15) is 12.5 Å². The second-order valence-corrected chi connectivity index (χ2v) is 5.97. The van der Waals surface area contributed by atoms with Gasteiger partial charge in [0.1, 0.15) is 11.5 Å². The third-order valence-corrected chi connectivity index (χ3v) is 3.84. The summed E-state index contributed by atoms with van der Waals surface area (Å²) in [5.74, 6) is 1.35. The lowest BCUT2D eigenvalue weighted by Crippen LogP contribution is -2.11. The Hall–Kier alpha value is -0.740. The summed E-state index contributed by atoms with van der Waals surface area (Å²) in [6, 6.07) is 11.0. The van der Waals surface area contributed by atoms with Gasteiger partial charge in [-0.25, -0.2) is 0 Å². The first kappa shape index (κ1) is 15.6. The summed E-state index contributed by atoms with van der Waals surface area (Å²) in [5, 5.41) is 4.39. The standard InChI is InChI=1S/C15H14BrCl2NO/c1-2-19-9-10-3-4-13(8-15(10)16)20-14-6-11(17)5-12(18)7-14/h3-8,19H,2,9H2,1H3. The molecule has 5 heteroatoms. The summed E-state index contributed by atoms with van der Waals surface area (Å²) < 4.78 is 6.76. The van der Waals surface area contributed by atoms with Gasteiger partial charge in [-0.15, -0.1) is 0 Å². The van der Waals surface area contributed by atoms with Crippen LogP contribution in [0.25, 0.3) is 0 Å². The number of rotatable bonds is 5. The van der Waals surface area contributed by atoms with Gasteiger partial charge in [-0.05, 0) is 42.4 Å². The highest BCUT2D eigenvalue weighted by Gasteiger charge is 2.05. The molecule has 0 fully saturated rings. The van der Waals surface area contributed by atoms with E-state index in [1.807, 2.05) is 18.2 Å². The fraction of sp³-hybridized carbons (Fsp3) is 0.200. The molecule has 2 aromatic carbocycles. The Morgan fingerprint density at radius 3 is 2.35 bits per heavy atom. The minimum Gasteiger partial charge on any atom is -0.457 e. The van der Waals surface area contributed by atoms with Gasteiger partial charge in [0.25, 0.3) is 0 Å². The highest BCUT2D eigenvalue weighted by Crippen LogP contribution is 2.30. The molecule has 0 amide bonds. The van der Waals surface area contributed by atoms with Gasteiger partial charge in [-0.1, -0.05) is 52.1 Å². The molecular weight excluding hydrogens is 361 g/mol. The maximum atomic E-state index is 5.95. The van der Waals surface area contributed by atoms with E-state index < -0.39 is 0 Å². The van der Waals surface area contributed by atoms with Gasteiger partial charge in [-0.3, -0.25) is 0 Å². The quantitative estimate of drug-likeness (QED) is 0.729. The highest BCUT2D eigenvalue weighted by atomic mass is 79.9. The SMILES string of the molecule is CCNCc1ccc(Oc2cc(Cl)cc(Cl)c2)cc1Br. The van der Waals surface area contributed by atoms with E-state index in [-0.39, 0.29) is 0 Å². The van der Waals surface area contributed by atoms with Crippen molar-refractivity contribution in [3.8, 4) is 11.5 Å². The number of hydrogen-bond donors (Lipinski definition) is 1. The molecule has 0 saturated heterocycles. The number of halogens is 3. The molecule has 20 heavy (non-hydrogen) atoms. The molecule has 0 heterocycles. The van der Waals surface area contributed by atoms with Gasteiger partial charge in [-0.2, -0.15) is 0 Å². The molecule has 0 radical (unpaired) electrons. The number of nitrogens with one attached hydrogen (secondary N) is 1. The van der Waals surface area contributed by atoms with Crippen molar-refractivity contribution in [2.45, 2.75) is 13.5 Å². The van der Waals surface area contributed by atoms with Crippen molar-refractivity contribution >= 4 is 39.1 Å². The fourth-order valence-electron chi connectivity index (χ4n) is 1.72. The number of benzene rings is 2. The van der Waals surface area contributed by atoms with Gasteiger partial charge in [0.05, 0.1) is 0 Å². The molecule has 0 aromatic heterocycles. The summed E-state index contributed by atoms with van der Waals surface area (Å²) >= 11 is 15.4. The normalized spacial score (nSPS) is 10.6. The maximum Gasteiger partial charge on any atom is 0.130 e. The Labute approximate surface area is 137 Å². The first-order chi connectivity index (χ1) is 9.58. The number of ether oxygens (including phenoxy) is 1. The molecule has 2 nitrogen and oxygen atoms in total. The Kier molecular flexibility index (Phi) is 5.73. The molecule has 0 saturated carbocycles. The van der Waals surface area contributed by atoms with E-state index in [1.54, 1.807) is 18.2 Å². The van der Waals surface area contributed by atoms with Gasteiger partial charge >= 0.3 is 0 Å². The van der Waals surface area contributed by atoms with Crippen LogP contribution in [0.15, 0.2) is 40.9 Å². The zero-order valence-corrected chi connectivity index (χ0v) is 14.0. The summed E-state index contributed by atoms with van der Waals surface area (Å²) in [6.07, 6.45) is 0. The Bertz CT molecular complexity index is 584. The van der Waals surface area contributed by atoms with Crippen molar-refractivity contribution in [1.29, 1.82) is 0 Å². The maximum absolute atomic E-state index is 5.95. The van der Waals surface area contributed by atoms with Crippen molar-refractivity contribution < 1.29 is 4.74 Å². The summed E-state index contributed by atoms with van der Waals surface area (Å²) in [4.78, 5) is 0. The van der Waals surface area contributed by atoms with Crippen LogP contribution in [-0.4, -0.2) is 6.54 Å². The first-order valence-corrected chi connectivity index (χ1v) is 7.76. The van der Waals surface area contributed by atoms with Crippen LogP contribution in [0.2, 0.25) is 10.0 Å². The minimum atomic E-state index is 0.551. The molecule has 0 spiro atoms. The second-order valence-electron chi connectivity index (χ2n) is 4.24. The average Bonchev–Trinajstić information content (AvgIpc) is 2.36. The van der Waals surface area contributed by atoms with Gasteiger partial charge in [0.15, 0.2) is 0 Å². The van der Waals surface area contributed by atoms with Crippen molar-refractivity contribution in [2.75, 3.05) is 6.54 Å². The van der Waals surface area contributed by atoms with Gasteiger partial charge < -0.3 is 10.1 Å². The van der Waals surface area contributed by atoms with Gasteiger partial charge in [0.2, 0.25) is 0 Å². The Morgan fingerprint density at radius 1 is 1.05 bits per heavy atom. The van der Waals surface area contributed by atoms with E-state index >= 15 is 0 Å². The zero-order chi connectivity index (χ0) is 14.5. The summed E-state index contributed by atoms with van der Waals surface area (Å²) in [6.45, 7) is 3.83. The third-order valence-electron chi connectivity index (χ3n) is 2.66. The van der Waals surface area contributed by atoms with Crippen LogP contribution in [0.3, 0.4) is 0 Å². The summed E-state index contributed by atoms with van der Waals surface area (Å²) in [7, 11) is 0. The smallest absolute Gasteiger partial charge is 0.130 e.